The summed E-state index contributed by atoms with van der Waals surface area (Å²) in [5.74, 6) is 0.0223. The number of piperidine rings is 1. The van der Waals surface area contributed by atoms with E-state index in [4.69, 9.17) is 11.6 Å². The monoisotopic (exact) mass is 354 g/mol. The number of carbonyl (C=O) groups excluding carboxylic acids is 1. The lowest BCUT2D eigenvalue weighted by molar-refractivity contribution is 0.0682. The zero-order valence-corrected chi connectivity index (χ0v) is 15.2. The van der Waals surface area contributed by atoms with Crippen LogP contribution in [0.15, 0.2) is 48.5 Å². The van der Waals surface area contributed by atoms with Crippen molar-refractivity contribution in [1.82, 2.24) is 10.2 Å². The molecule has 130 valence electrons. The van der Waals surface area contributed by atoms with Gasteiger partial charge >= 0.3 is 0 Å². The third-order valence-electron chi connectivity index (χ3n) is 5.62. The van der Waals surface area contributed by atoms with Crippen molar-refractivity contribution in [2.75, 3.05) is 7.05 Å². The lowest BCUT2D eigenvalue weighted by atomic mass is 9.97. The molecule has 2 fully saturated rings. The van der Waals surface area contributed by atoms with Crippen molar-refractivity contribution in [3.8, 4) is 11.1 Å². The SMILES string of the molecule is CN(C(=O)c1cc(-c2ccccc2)ccc1Cl)C1CC2CCC(C1)N2. The average molecular weight is 355 g/mol. The van der Waals surface area contributed by atoms with Crippen molar-refractivity contribution in [3.63, 3.8) is 0 Å². The van der Waals surface area contributed by atoms with E-state index >= 15 is 0 Å². The summed E-state index contributed by atoms with van der Waals surface area (Å²) in [6.45, 7) is 0. The molecule has 2 saturated heterocycles. The molecule has 0 spiro atoms. The molecule has 0 aromatic heterocycles. The van der Waals surface area contributed by atoms with Crippen molar-refractivity contribution in [2.45, 2.75) is 43.8 Å². The van der Waals surface area contributed by atoms with E-state index in [9.17, 15) is 4.79 Å². The molecule has 1 N–H and O–H groups in total. The molecule has 1 amide bonds. The first-order valence-corrected chi connectivity index (χ1v) is 9.38. The van der Waals surface area contributed by atoms with Gasteiger partial charge in [0, 0.05) is 25.2 Å². The summed E-state index contributed by atoms with van der Waals surface area (Å²) >= 11 is 6.37. The zero-order valence-electron chi connectivity index (χ0n) is 14.4. The number of nitrogens with one attached hydrogen (secondary N) is 1. The summed E-state index contributed by atoms with van der Waals surface area (Å²) in [7, 11) is 1.92. The lowest BCUT2D eigenvalue weighted by Crippen LogP contribution is -2.48. The van der Waals surface area contributed by atoms with Crippen molar-refractivity contribution < 1.29 is 4.79 Å². The van der Waals surface area contributed by atoms with Crippen LogP contribution in [0.1, 0.15) is 36.0 Å². The molecule has 2 unspecified atom stereocenters. The maximum Gasteiger partial charge on any atom is 0.255 e. The van der Waals surface area contributed by atoms with E-state index < -0.39 is 0 Å². The molecular weight excluding hydrogens is 332 g/mol. The van der Waals surface area contributed by atoms with Gasteiger partial charge < -0.3 is 10.2 Å². The third kappa shape index (κ3) is 3.31. The minimum absolute atomic E-state index is 0.0223. The van der Waals surface area contributed by atoms with Gasteiger partial charge in [-0.3, -0.25) is 4.79 Å². The summed E-state index contributed by atoms with van der Waals surface area (Å²) in [5.41, 5.74) is 2.71. The highest BCUT2D eigenvalue weighted by Gasteiger charge is 2.36. The highest BCUT2D eigenvalue weighted by Crippen LogP contribution is 2.31. The molecule has 2 aliphatic heterocycles. The number of carbonyl (C=O) groups is 1. The van der Waals surface area contributed by atoms with E-state index in [0.29, 0.717) is 28.7 Å². The number of halogens is 1. The number of rotatable bonds is 3. The van der Waals surface area contributed by atoms with Gasteiger partial charge in [-0.15, -0.1) is 0 Å². The van der Waals surface area contributed by atoms with E-state index in [-0.39, 0.29) is 5.91 Å². The summed E-state index contributed by atoms with van der Waals surface area (Å²) in [5, 5.41) is 4.15. The second kappa shape index (κ2) is 6.81. The van der Waals surface area contributed by atoms with Crippen LogP contribution in [0.25, 0.3) is 11.1 Å². The number of amides is 1. The Labute approximate surface area is 154 Å². The quantitative estimate of drug-likeness (QED) is 0.888. The first-order valence-electron chi connectivity index (χ1n) is 9.00. The Bertz CT molecular complexity index is 765. The van der Waals surface area contributed by atoms with Crippen molar-refractivity contribution in [2.24, 2.45) is 0 Å². The Morgan fingerprint density at radius 2 is 1.72 bits per heavy atom. The molecule has 2 heterocycles. The van der Waals surface area contributed by atoms with E-state index in [2.05, 4.69) is 5.32 Å². The van der Waals surface area contributed by atoms with Gasteiger partial charge in [-0.25, -0.2) is 0 Å². The van der Waals surface area contributed by atoms with Gasteiger partial charge in [-0.2, -0.15) is 0 Å². The van der Waals surface area contributed by atoms with Crippen LogP contribution in [0.5, 0.6) is 0 Å². The van der Waals surface area contributed by atoms with E-state index in [0.717, 1.165) is 24.0 Å². The summed E-state index contributed by atoms with van der Waals surface area (Å²) < 4.78 is 0. The van der Waals surface area contributed by atoms with Gasteiger partial charge in [-0.1, -0.05) is 48.0 Å². The van der Waals surface area contributed by atoms with Gasteiger partial charge in [0.2, 0.25) is 0 Å². The molecule has 4 heteroatoms. The minimum atomic E-state index is 0.0223. The fourth-order valence-electron chi connectivity index (χ4n) is 4.20. The Morgan fingerprint density at radius 1 is 1.04 bits per heavy atom. The van der Waals surface area contributed by atoms with Gasteiger partial charge in [0.1, 0.15) is 0 Å². The van der Waals surface area contributed by atoms with E-state index in [1.165, 1.54) is 12.8 Å². The Morgan fingerprint density at radius 3 is 2.40 bits per heavy atom. The number of hydrogen-bond acceptors (Lipinski definition) is 2. The number of hydrogen-bond donors (Lipinski definition) is 1. The number of benzene rings is 2. The van der Waals surface area contributed by atoms with Gasteiger partial charge in [0.25, 0.3) is 5.91 Å². The fourth-order valence-corrected chi connectivity index (χ4v) is 4.40. The Kier molecular flexibility index (Phi) is 4.53. The molecule has 0 aliphatic carbocycles. The highest BCUT2D eigenvalue weighted by molar-refractivity contribution is 6.34. The molecule has 3 nitrogen and oxygen atoms in total. The first kappa shape index (κ1) is 16.6. The maximum atomic E-state index is 13.1. The summed E-state index contributed by atoms with van der Waals surface area (Å²) in [4.78, 5) is 15.0. The third-order valence-corrected chi connectivity index (χ3v) is 5.95. The van der Waals surface area contributed by atoms with Crippen LogP contribution in [0.3, 0.4) is 0 Å². The largest absolute Gasteiger partial charge is 0.339 e. The van der Waals surface area contributed by atoms with Crippen LogP contribution in [0.2, 0.25) is 5.02 Å². The smallest absolute Gasteiger partial charge is 0.255 e. The van der Waals surface area contributed by atoms with Crippen LogP contribution in [-0.2, 0) is 0 Å². The normalized spacial score (nSPS) is 25.0. The van der Waals surface area contributed by atoms with E-state index in [1.54, 1.807) is 0 Å². The predicted molar refractivity (Wildman–Crippen MR) is 102 cm³/mol. The van der Waals surface area contributed by atoms with Crippen LogP contribution in [-0.4, -0.2) is 36.0 Å². The highest BCUT2D eigenvalue weighted by atomic mass is 35.5. The topological polar surface area (TPSA) is 32.3 Å². The fraction of sp³-hybridized carbons (Fsp3) is 0.381. The molecule has 2 aromatic carbocycles. The number of nitrogens with zero attached hydrogens (tertiary/aromatic N) is 1. The Balaban J connectivity index is 1.59. The first-order chi connectivity index (χ1) is 12.1. The zero-order chi connectivity index (χ0) is 17.4. The van der Waals surface area contributed by atoms with Crippen molar-refractivity contribution in [3.05, 3.63) is 59.1 Å². The van der Waals surface area contributed by atoms with Crippen molar-refractivity contribution in [1.29, 1.82) is 0 Å². The van der Waals surface area contributed by atoms with Crippen LogP contribution < -0.4 is 5.32 Å². The number of fused-ring (bicyclic) bond motifs is 2. The minimum Gasteiger partial charge on any atom is -0.339 e. The van der Waals surface area contributed by atoms with Gasteiger partial charge in [-0.05, 0) is 48.9 Å². The molecule has 2 aliphatic rings. The maximum absolute atomic E-state index is 13.1. The lowest BCUT2D eigenvalue weighted by Gasteiger charge is -2.35. The van der Waals surface area contributed by atoms with Crippen molar-refractivity contribution >= 4 is 17.5 Å². The Hall–Kier alpha value is -1.84. The molecule has 2 aromatic rings. The summed E-state index contributed by atoms with van der Waals surface area (Å²) in [6.07, 6.45) is 4.53. The molecule has 2 bridgehead atoms. The molecule has 2 atom stereocenters. The molecule has 0 saturated carbocycles. The van der Waals surface area contributed by atoms with Gasteiger partial charge in [0.15, 0.2) is 0 Å². The molecule has 25 heavy (non-hydrogen) atoms. The molecule has 0 radical (unpaired) electrons. The second-order valence-corrected chi connectivity index (χ2v) is 7.65. The standard InChI is InChI=1S/C21H23ClN2O/c1-24(18-12-16-8-9-17(13-18)23-16)21(25)19-11-15(7-10-20(19)22)14-5-3-2-4-6-14/h2-7,10-11,16-18,23H,8-9,12-13H2,1H3. The molecule has 4 rings (SSSR count). The molecular formula is C21H23ClN2O. The van der Waals surface area contributed by atoms with Gasteiger partial charge in [0.05, 0.1) is 10.6 Å². The van der Waals surface area contributed by atoms with Crippen LogP contribution >= 0.6 is 11.6 Å². The summed E-state index contributed by atoms with van der Waals surface area (Å²) in [6, 6.07) is 17.2. The average Bonchev–Trinajstić information content (AvgIpc) is 2.99. The van der Waals surface area contributed by atoms with Crippen LogP contribution in [0.4, 0.5) is 0 Å². The van der Waals surface area contributed by atoms with E-state index in [1.807, 2.05) is 60.5 Å². The van der Waals surface area contributed by atoms with Crippen LogP contribution in [0, 0.1) is 0 Å². The predicted octanol–water partition coefficient (Wildman–Crippen LogP) is 4.36. The second-order valence-electron chi connectivity index (χ2n) is 7.24.